The zero-order valence-corrected chi connectivity index (χ0v) is 8.52. The van der Waals surface area contributed by atoms with E-state index in [1.165, 1.54) is 11.1 Å². The van der Waals surface area contributed by atoms with E-state index in [1.54, 1.807) is 0 Å². The first-order chi connectivity index (χ1) is 5.54. The molecular formula is C12H18. The second-order valence-corrected chi connectivity index (χ2v) is 4.30. The Bertz CT molecular complexity index is 236. The maximum atomic E-state index is 2.24. The van der Waals surface area contributed by atoms with E-state index in [2.05, 4.69) is 52.0 Å². The first-order valence-corrected chi connectivity index (χ1v) is 4.63. The van der Waals surface area contributed by atoms with Gasteiger partial charge in [-0.05, 0) is 23.0 Å². The molecule has 0 bridgehead atoms. The molecule has 66 valence electrons. The monoisotopic (exact) mass is 162 g/mol. The maximum absolute atomic E-state index is 2.24. The predicted octanol–water partition coefficient (Wildman–Crippen LogP) is 3.55. The highest BCUT2D eigenvalue weighted by molar-refractivity contribution is 5.27. The van der Waals surface area contributed by atoms with Gasteiger partial charge in [0.1, 0.15) is 0 Å². The van der Waals surface area contributed by atoms with Crippen molar-refractivity contribution >= 4 is 0 Å². The molecule has 0 spiro atoms. The minimum absolute atomic E-state index is 0.284. The molecule has 1 aromatic rings. The Morgan fingerprint density at radius 1 is 1.00 bits per heavy atom. The minimum atomic E-state index is 0.284. The van der Waals surface area contributed by atoms with Crippen LogP contribution in [-0.4, -0.2) is 0 Å². The van der Waals surface area contributed by atoms with E-state index >= 15 is 0 Å². The molecule has 0 unspecified atom stereocenters. The van der Waals surface area contributed by atoms with Gasteiger partial charge < -0.3 is 0 Å². The van der Waals surface area contributed by atoms with Crippen LogP contribution in [0.2, 0.25) is 0 Å². The molecule has 0 saturated heterocycles. The van der Waals surface area contributed by atoms with Crippen molar-refractivity contribution in [2.45, 2.75) is 39.5 Å². The van der Waals surface area contributed by atoms with Crippen LogP contribution in [0.4, 0.5) is 0 Å². The summed E-state index contributed by atoms with van der Waals surface area (Å²) in [5, 5.41) is 0. The van der Waals surface area contributed by atoms with E-state index in [0.717, 1.165) is 6.42 Å². The molecule has 0 heterocycles. The van der Waals surface area contributed by atoms with Crippen LogP contribution in [0.25, 0.3) is 0 Å². The summed E-state index contributed by atoms with van der Waals surface area (Å²) in [4.78, 5) is 0. The van der Waals surface area contributed by atoms with Crippen LogP contribution in [0.15, 0.2) is 24.3 Å². The van der Waals surface area contributed by atoms with Gasteiger partial charge in [0.25, 0.3) is 0 Å². The van der Waals surface area contributed by atoms with Gasteiger partial charge in [-0.15, -0.1) is 0 Å². The van der Waals surface area contributed by atoms with E-state index in [1.807, 2.05) is 0 Å². The molecule has 0 N–H and O–H groups in total. The summed E-state index contributed by atoms with van der Waals surface area (Å²) in [6.07, 6.45) is 1.13. The van der Waals surface area contributed by atoms with Gasteiger partial charge in [0.05, 0.1) is 0 Å². The van der Waals surface area contributed by atoms with Gasteiger partial charge in [-0.25, -0.2) is 0 Å². The van der Waals surface area contributed by atoms with Crippen molar-refractivity contribution in [3.8, 4) is 0 Å². The summed E-state index contributed by atoms with van der Waals surface area (Å²) in [5.74, 6) is 0. The molecule has 0 heteroatoms. The summed E-state index contributed by atoms with van der Waals surface area (Å²) in [6.45, 7) is 8.92. The summed E-state index contributed by atoms with van der Waals surface area (Å²) in [6, 6.07) is 8.92. The summed E-state index contributed by atoms with van der Waals surface area (Å²) in [5.41, 5.74) is 3.12. The molecule has 0 aromatic heterocycles. The van der Waals surface area contributed by atoms with Crippen LogP contribution in [0.3, 0.4) is 0 Å². The number of rotatable bonds is 1. The van der Waals surface area contributed by atoms with Gasteiger partial charge in [0.2, 0.25) is 0 Å². The lowest BCUT2D eigenvalue weighted by Gasteiger charge is -2.18. The highest BCUT2D eigenvalue weighted by Crippen LogP contribution is 2.22. The Hall–Kier alpha value is -0.780. The smallest absolute Gasteiger partial charge is 0.0132 e. The second-order valence-electron chi connectivity index (χ2n) is 4.30. The van der Waals surface area contributed by atoms with Crippen LogP contribution in [0, 0.1) is 0 Å². The number of hydrogen-bond acceptors (Lipinski definition) is 0. The third-order valence-electron chi connectivity index (χ3n) is 2.23. The molecule has 1 aromatic carbocycles. The average Bonchev–Trinajstić information content (AvgIpc) is 2.03. The maximum Gasteiger partial charge on any atom is -0.0132 e. The zero-order chi connectivity index (χ0) is 9.19. The largest absolute Gasteiger partial charge is 0.0613 e. The second kappa shape index (κ2) is 3.30. The number of aryl methyl sites for hydroxylation is 1. The van der Waals surface area contributed by atoms with Gasteiger partial charge in [-0.3, -0.25) is 0 Å². The van der Waals surface area contributed by atoms with E-state index < -0.39 is 0 Å². The van der Waals surface area contributed by atoms with Gasteiger partial charge in [-0.1, -0.05) is 52.0 Å². The predicted molar refractivity (Wildman–Crippen MR) is 54.5 cm³/mol. The molecule has 0 aliphatic rings. The third kappa shape index (κ3) is 2.10. The molecule has 0 aliphatic heterocycles. The van der Waals surface area contributed by atoms with Gasteiger partial charge >= 0.3 is 0 Å². The van der Waals surface area contributed by atoms with Crippen molar-refractivity contribution in [2.75, 3.05) is 0 Å². The van der Waals surface area contributed by atoms with Crippen LogP contribution < -0.4 is 0 Å². The Morgan fingerprint density at radius 3 is 1.83 bits per heavy atom. The number of benzene rings is 1. The molecule has 0 saturated carbocycles. The SMILES string of the molecule is CCc1ccc(C(C)(C)C)cc1. The molecule has 0 nitrogen and oxygen atoms in total. The molecule has 12 heavy (non-hydrogen) atoms. The summed E-state index contributed by atoms with van der Waals surface area (Å²) >= 11 is 0. The highest BCUT2D eigenvalue weighted by atomic mass is 14.2. The standard InChI is InChI=1S/C12H18/c1-5-10-6-8-11(9-7-10)12(2,3)4/h6-9H,5H2,1-4H3. The Morgan fingerprint density at radius 2 is 1.50 bits per heavy atom. The zero-order valence-electron chi connectivity index (χ0n) is 8.52. The van der Waals surface area contributed by atoms with Crippen LogP contribution >= 0.6 is 0 Å². The lowest BCUT2D eigenvalue weighted by atomic mass is 9.86. The summed E-state index contributed by atoms with van der Waals surface area (Å²) < 4.78 is 0. The van der Waals surface area contributed by atoms with Crippen molar-refractivity contribution < 1.29 is 0 Å². The lowest BCUT2D eigenvalue weighted by molar-refractivity contribution is 0.590. The topological polar surface area (TPSA) is 0 Å². The quantitative estimate of drug-likeness (QED) is 0.592. The van der Waals surface area contributed by atoms with Crippen molar-refractivity contribution in [1.82, 2.24) is 0 Å². The van der Waals surface area contributed by atoms with Gasteiger partial charge in [0, 0.05) is 0 Å². The molecule has 0 fully saturated rings. The first-order valence-electron chi connectivity index (χ1n) is 4.63. The third-order valence-corrected chi connectivity index (χ3v) is 2.23. The fraction of sp³-hybridized carbons (Fsp3) is 0.500. The van der Waals surface area contributed by atoms with Crippen LogP contribution in [0.5, 0.6) is 0 Å². The molecule has 0 atom stereocenters. The van der Waals surface area contributed by atoms with Crippen molar-refractivity contribution in [3.63, 3.8) is 0 Å². The molecule has 0 radical (unpaired) electrons. The lowest BCUT2D eigenvalue weighted by Crippen LogP contribution is -2.10. The van der Waals surface area contributed by atoms with E-state index in [9.17, 15) is 0 Å². The molecule has 0 aliphatic carbocycles. The Balaban J connectivity index is 2.93. The molecule has 1 rings (SSSR count). The Labute approximate surface area is 75.6 Å². The van der Waals surface area contributed by atoms with Crippen molar-refractivity contribution in [2.24, 2.45) is 0 Å². The van der Waals surface area contributed by atoms with Gasteiger partial charge in [-0.2, -0.15) is 0 Å². The number of hydrogen-bond donors (Lipinski definition) is 0. The van der Waals surface area contributed by atoms with Crippen LogP contribution in [-0.2, 0) is 11.8 Å². The minimum Gasteiger partial charge on any atom is -0.0613 e. The van der Waals surface area contributed by atoms with Crippen molar-refractivity contribution in [1.29, 1.82) is 0 Å². The molecular weight excluding hydrogens is 144 g/mol. The van der Waals surface area contributed by atoms with E-state index in [-0.39, 0.29) is 5.41 Å². The molecule has 0 amide bonds. The normalized spacial score (nSPS) is 11.7. The van der Waals surface area contributed by atoms with E-state index in [0.29, 0.717) is 0 Å². The first kappa shape index (κ1) is 9.31. The average molecular weight is 162 g/mol. The van der Waals surface area contributed by atoms with E-state index in [4.69, 9.17) is 0 Å². The van der Waals surface area contributed by atoms with Crippen LogP contribution in [0.1, 0.15) is 38.8 Å². The highest BCUT2D eigenvalue weighted by Gasteiger charge is 2.12. The van der Waals surface area contributed by atoms with Crippen molar-refractivity contribution in [3.05, 3.63) is 35.4 Å². The fourth-order valence-electron chi connectivity index (χ4n) is 1.24. The van der Waals surface area contributed by atoms with Gasteiger partial charge in [0.15, 0.2) is 0 Å². The summed E-state index contributed by atoms with van der Waals surface area (Å²) in [7, 11) is 0. The Kier molecular flexibility index (Phi) is 2.56. The fourth-order valence-corrected chi connectivity index (χ4v) is 1.24.